The largest absolute Gasteiger partial charge is 0.481 e. The quantitative estimate of drug-likeness (QED) is 0.671. The van der Waals surface area contributed by atoms with E-state index < -0.39 is 11.5 Å². The van der Waals surface area contributed by atoms with Crippen LogP contribution in [-0.4, -0.2) is 28.4 Å². The number of aryl methyl sites for hydroxylation is 1. The molecule has 0 radical (unpaired) electrons. The molecule has 0 aromatic heterocycles. The number of anilines is 1. The second kappa shape index (κ2) is 8.65. The van der Waals surface area contributed by atoms with Gasteiger partial charge in [-0.3, -0.25) is 14.4 Å². The topological polar surface area (TPSA) is 95.5 Å². The van der Waals surface area contributed by atoms with Gasteiger partial charge in [0.05, 0.1) is 0 Å². The molecule has 0 fully saturated rings. The van der Waals surface area contributed by atoms with E-state index in [9.17, 15) is 14.4 Å². The van der Waals surface area contributed by atoms with Crippen molar-refractivity contribution in [2.75, 3.05) is 5.32 Å². The minimum Gasteiger partial charge on any atom is -0.481 e. The number of rotatable bonds is 8. The monoisotopic (exact) mass is 348 g/mol. The number of aliphatic carboxylic acids is 1. The summed E-state index contributed by atoms with van der Waals surface area (Å²) in [7, 11) is 0. The molecule has 0 bridgehead atoms. The number of benzene rings is 1. The summed E-state index contributed by atoms with van der Waals surface area (Å²) in [5, 5.41) is 14.5. The van der Waals surface area contributed by atoms with Crippen molar-refractivity contribution in [1.29, 1.82) is 0 Å². The molecule has 0 heterocycles. The highest BCUT2D eigenvalue weighted by molar-refractivity contribution is 5.97. The number of carboxylic acid groups (broad SMARTS) is 1. The molecule has 1 aromatic carbocycles. The van der Waals surface area contributed by atoms with Crippen LogP contribution in [0.25, 0.3) is 0 Å². The van der Waals surface area contributed by atoms with Crippen LogP contribution in [-0.2, 0) is 9.59 Å². The highest BCUT2D eigenvalue weighted by Gasteiger charge is 2.22. The fourth-order valence-electron chi connectivity index (χ4n) is 2.38. The van der Waals surface area contributed by atoms with Gasteiger partial charge in [-0.05, 0) is 56.9 Å². The molecule has 0 aliphatic heterocycles. The Balaban J connectivity index is 2.76. The van der Waals surface area contributed by atoms with E-state index in [2.05, 4.69) is 10.6 Å². The molecule has 0 spiro atoms. The number of carbonyl (C=O) groups is 3. The van der Waals surface area contributed by atoms with E-state index in [0.717, 1.165) is 5.56 Å². The lowest BCUT2D eigenvalue weighted by Crippen LogP contribution is -2.43. The molecule has 138 valence electrons. The standard InChI is InChI=1S/C19H28N2O4/c1-12(2)10-16(22)20-15-7-6-14(11-13(15)3)18(25)21-19(4,5)9-8-17(23)24/h6-7,11-12H,8-10H2,1-5H3,(H,20,22)(H,21,25)(H,23,24). The Labute approximate surface area is 149 Å². The lowest BCUT2D eigenvalue weighted by atomic mass is 9.97. The number of nitrogens with one attached hydrogen (secondary N) is 2. The molecule has 25 heavy (non-hydrogen) atoms. The van der Waals surface area contributed by atoms with Gasteiger partial charge in [0.15, 0.2) is 0 Å². The minimum atomic E-state index is -0.889. The van der Waals surface area contributed by atoms with Crippen LogP contribution in [0.1, 0.15) is 62.9 Å². The van der Waals surface area contributed by atoms with Gasteiger partial charge in [0.1, 0.15) is 0 Å². The molecule has 1 aromatic rings. The fourth-order valence-corrected chi connectivity index (χ4v) is 2.38. The van der Waals surface area contributed by atoms with Crippen molar-refractivity contribution in [1.82, 2.24) is 5.32 Å². The van der Waals surface area contributed by atoms with Crippen molar-refractivity contribution in [3.63, 3.8) is 0 Å². The number of hydrogen-bond acceptors (Lipinski definition) is 3. The summed E-state index contributed by atoms with van der Waals surface area (Å²) in [5.74, 6) is -0.929. The maximum atomic E-state index is 12.4. The molecule has 2 amide bonds. The van der Waals surface area contributed by atoms with E-state index in [1.54, 1.807) is 32.0 Å². The third kappa shape index (κ3) is 7.37. The Morgan fingerprint density at radius 1 is 1.20 bits per heavy atom. The Bertz CT molecular complexity index is 651. The van der Waals surface area contributed by atoms with Gasteiger partial charge in [0.2, 0.25) is 5.91 Å². The van der Waals surface area contributed by atoms with Gasteiger partial charge >= 0.3 is 5.97 Å². The normalized spacial score (nSPS) is 11.3. The van der Waals surface area contributed by atoms with Gasteiger partial charge in [-0.2, -0.15) is 0 Å². The highest BCUT2D eigenvalue weighted by Crippen LogP contribution is 2.19. The van der Waals surface area contributed by atoms with Crippen LogP contribution in [0, 0.1) is 12.8 Å². The first-order valence-corrected chi connectivity index (χ1v) is 8.45. The second-order valence-electron chi connectivity index (χ2n) is 7.41. The van der Waals surface area contributed by atoms with Crippen LogP contribution in [0.4, 0.5) is 5.69 Å². The summed E-state index contributed by atoms with van der Waals surface area (Å²) in [4.78, 5) is 35.0. The lowest BCUT2D eigenvalue weighted by Gasteiger charge is -2.25. The summed E-state index contributed by atoms with van der Waals surface area (Å²) in [6.07, 6.45) is 0.781. The Morgan fingerprint density at radius 3 is 2.36 bits per heavy atom. The molecular formula is C19H28N2O4. The van der Waals surface area contributed by atoms with Crippen LogP contribution in [0.2, 0.25) is 0 Å². The van der Waals surface area contributed by atoms with Crippen LogP contribution < -0.4 is 10.6 Å². The first-order valence-electron chi connectivity index (χ1n) is 8.45. The van der Waals surface area contributed by atoms with Gasteiger partial charge in [-0.25, -0.2) is 0 Å². The third-order valence-electron chi connectivity index (χ3n) is 3.77. The van der Waals surface area contributed by atoms with Crippen molar-refractivity contribution < 1.29 is 19.5 Å². The van der Waals surface area contributed by atoms with Gasteiger partial charge in [-0.15, -0.1) is 0 Å². The number of carbonyl (C=O) groups excluding carboxylic acids is 2. The summed E-state index contributed by atoms with van der Waals surface area (Å²) in [6.45, 7) is 9.37. The van der Waals surface area contributed by atoms with E-state index in [0.29, 0.717) is 24.1 Å². The van der Waals surface area contributed by atoms with Crippen molar-refractivity contribution in [3.8, 4) is 0 Å². The molecule has 0 saturated carbocycles. The number of amides is 2. The van der Waals surface area contributed by atoms with Gasteiger partial charge in [0.25, 0.3) is 5.91 Å². The maximum Gasteiger partial charge on any atom is 0.303 e. The average Bonchev–Trinajstić information content (AvgIpc) is 2.46. The molecule has 6 heteroatoms. The molecule has 0 atom stereocenters. The summed E-state index contributed by atoms with van der Waals surface area (Å²) in [5.41, 5.74) is 1.34. The molecule has 1 rings (SSSR count). The molecule has 0 aliphatic carbocycles. The summed E-state index contributed by atoms with van der Waals surface area (Å²) in [6, 6.07) is 5.08. The first kappa shape index (κ1) is 20.7. The van der Waals surface area contributed by atoms with Crippen molar-refractivity contribution in [2.24, 2.45) is 5.92 Å². The minimum absolute atomic E-state index is 0.00682. The third-order valence-corrected chi connectivity index (χ3v) is 3.77. The molecule has 3 N–H and O–H groups in total. The summed E-state index contributed by atoms with van der Waals surface area (Å²) < 4.78 is 0. The van der Waals surface area contributed by atoms with Crippen LogP contribution in [0.3, 0.4) is 0 Å². The smallest absolute Gasteiger partial charge is 0.303 e. The molecule has 6 nitrogen and oxygen atoms in total. The van der Waals surface area contributed by atoms with Gasteiger partial charge in [0, 0.05) is 29.6 Å². The van der Waals surface area contributed by atoms with Crippen LogP contribution >= 0.6 is 0 Å². The van der Waals surface area contributed by atoms with Gasteiger partial charge in [-0.1, -0.05) is 13.8 Å². The van der Waals surface area contributed by atoms with Crippen LogP contribution in [0.15, 0.2) is 18.2 Å². The predicted octanol–water partition coefficient (Wildman–Crippen LogP) is 3.35. The molecule has 0 unspecified atom stereocenters. The van der Waals surface area contributed by atoms with Crippen LogP contribution in [0.5, 0.6) is 0 Å². The maximum absolute atomic E-state index is 12.4. The molecule has 0 saturated heterocycles. The van der Waals surface area contributed by atoms with E-state index in [1.807, 2.05) is 20.8 Å². The molecule has 0 aliphatic rings. The Morgan fingerprint density at radius 2 is 1.84 bits per heavy atom. The van der Waals surface area contributed by atoms with E-state index in [-0.39, 0.29) is 24.2 Å². The number of carboxylic acids is 1. The van der Waals surface area contributed by atoms with Crippen molar-refractivity contribution in [2.45, 2.75) is 59.4 Å². The zero-order valence-corrected chi connectivity index (χ0v) is 15.6. The number of hydrogen-bond donors (Lipinski definition) is 3. The highest BCUT2D eigenvalue weighted by atomic mass is 16.4. The summed E-state index contributed by atoms with van der Waals surface area (Å²) >= 11 is 0. The van der Waals surface area contributed by atoms with E-state index in [1.165, 1.54) is 0 Å². The zero-order valence-electron chi connectivity index (χ0n) is 15.6. The Hall–Kier alpha value is -2.37. The first-order chi connectivity index (χ1) is 11.5. The van der Waals surface area contributed by atoms with Gasteiger partial charge < -0.3 is 15.7 Å². The van der Waals surface area contributed by atoms with E-state index >= 15 is 0 Å². The Kier molecular flexibility index (Phi) is 7.15. The SMILES string of the molecule is Cc1cc(C(=O)NC(C)(C)CCC(=O)O)ccc1NC(=O)CC(C)C. The molecular weight excluding hydrogens is 320 g/mol. The van der Waals surface area contributed by atoms with Crippen molar-refractivity contribution >= 4 is 23.5 Å². The zero-order chi connectivity index (χ0) is 19.2. The second-order valence-corrected chi connectivity index (χ2v) is 7.41. The average molecular weight is 348 g/mol. The lowest BCUT2D eigenvalue weighted by molar-refractivity contribution is -0.137. The predicted molar refractivity (Wildman–Crippen MR) is 97.7 cm³/mol. The fraction of sp³-hybridized carbons (Fsp3) is 0.526. The van der Waals surface area contributed by atoms with Crippen molar-refractivity contribution in [3.05, 3.63) is 29.3 Å². The van der Waals surface area contributed by atoms with E-state index in [4.69, 9.17) is 5.11 Å².